The molecule has 1 unspecified atom stereocenters. The topological polar surface area (TPSA) is 70.1 Å². The van der Waals surface area contributed by atoms with Gasteiger partial charge in [0.25, 0.3) is 11.7 Å². The van der Waals surface area contributed by atoms with E-state index in [2.05, 4.69) is 6.58 Å². The Labute approximate surface area is 189 Å². The molecule has 1 aliphatic rings. The van der Waals surface area contributed by atoms with E-state index < -0.39 is 17.7 Å². The first-order valence-corrected chi connectivity index (χ1v) is 10.7. The van der Waals surface area contributed by atoms with E-state index in [1.54, 1.807) is 29.2 Å². The number of likely N-dealkylation sites (tertiary alicyclic amines) is 1. The lowest BCUT2D eigenvalue weighted by molar-refractivity contribution is -0.139. The third-order valence-electron chi connectivity index (χ3n) is 5.46. The van der Waals surface area contributed by atoms with Gasteiger partial charge in [-0.05, 0) is 63.3 Å². The molecule has 2 aromatic rings. The van der Waals surface area contributed by atoms with E-state index in [0.717, 1.165) is 24.1 Å². The Balaban J connectivity index is 2.04. The number of hydrogen-bond donors (Lipinski definition) is 1. The zero-order valence-corrected chi connectivity index (χ0v) is 18.9. The first-order chi connectivity index (χ1) is 15.3. The zero-order valence-electron chi connectivity index (χ0n) is 18.9. The summed E-state index contributed by atoms with van der Waals surface area (Å²) in [7, 11) is 3.93. The maximum Gasteiger partial charge on any atom is 0.295 e. The second-order valence-corrected chi connectivity index (χ2v) is 8.14. The highest BCUT2D eigenvalue weighted by molar-refractivity contribution is 6.46. The van der Waals surface area contributed by atoms with Crippen LogP contribution in [0.15, 0.2) is 66.8 Å². The van der Waals surface area contributed by atoms with Crippen LogP contribution in [-0.2, 0) is 9.59 Å². The number of ether oxygens (including phenoxy) is 1. The minimum absolute atomic E-state index is 0.116. The van der Waals surface area contributed by atoms with Crippen LogP contribution in [0.25, 0.3) is 5.76 Å². The van der Waals surface area contributed by atoms with Crippen LogP contribution in [-0.4, -0.2) is 60.4 Å². The SMILES string of the molecule is C=CCOc1ccc(/C(O)=C2\C(=O)C(=O)N(CCCN(C)C)C2c2ccccc2)cc1C. The lowest BCUT2D eigenvalue weighted by Crippen LogP contribution is -2.32. The number of carbonyl (C=O) groups excluding carboxylic acids is 2. The average molecular weight is 435 g/mol. The first-order valence-electron chi connectivity index (χ1n) is 10.7. The van der Waals surface area contributed by atoms with Gasteiger partial charge in [0.1, 0.15) is 18.1 Å². The Morgan fingerprint density at radius 3 is 2.53 bits per heavy atom. The summed E-state index contributed by atoms with van der Waals surface area (Å²) in [6, 6.07) is 13.9. The lowest BCUT2D eigenvalue weighted by atomic mass is 9.95. The second-order valence-electron chi connectivity index (χ2n) is 8.14. The molecule has 0 bridgehead atoms. The number of nitrogens with zero attached hydrogens (tertiary/aromatic N) is 2. The van der Waals surface area contributed by atoms with Gasteiger partial charge < -0.3 is 19.6 Å². The van der Waals surface area contributed by atoms with E-state index in [-0.39, 0.29) is 11.3 Å². The molecule has 1 aliphatic heterocycles. The molecule has 2 aromatic carbocycles. The average Bonchev–Trinajstić information content (AvgIpc) is 3.03. The Bertz CT molecular complexity index is 1030. The molecule has 1 atom stereocenters. The largest absolute Gasteiger partial charge is 0.507 e. The maximum atomic E-state index is 13.0. The van der Waals surface area contributed by atoms with E-state index in [1.807, 2.05) is 56.3 Å². The van der Waals surface area contributed by atoms with Gasteiger partial charge in [0, 0.05) is 12.1 Å². The number of aliphatic hydroxyl groups is 1. The Hall–Kier alpha value is -3.38. The smallest absolute Gasteiger partial charge is 0.295 e. The summed E-state index contributed by atoms with van der Waals surface area (Å²) < 4.78 is 5.61. The highest BCUT2D eigenvalue weighted by atomic mass is 16.5. The summed E-state index contributed by atoms with van der Waals surface area (Å²) in [6.07, 6.45) is 2.38. The number of ketones is 1. The molecule has 1 fully saturated rings. The highest BCUT2D eigenvalue weighted by Gasteiger charge is 2.45. The summed E-state index contributed by atoms with van der Waals surface area (Å²) in [6.45, 7) is 7.09. The van der Waals surface area contributed by atoms with Crippen molar-refractivity contribution in [3.8, 4) is 5.75 Å². The minimum Gasteiger partial charge on any atom is -0.507 e. The number of Topliss-reactive ketones (excluding diaryl/α,β-unsaturated/α-hetero) is 1. The van der Waals surface area contributed by atoms with Gasteiger partial charge in [-0.25, -0.2) is 0 Å². The van der Waals surface area contributed by atoms with Crippen LogP contribution in [0, 0.1) is 6.92 Å². The number of benzene rings is 2. The fraction of sp³-hybridized carbons (Fsp3) is 0.308. The first kappa shape index (κ1) is 23.3. The molecule has 6 nitrogen and oxygen atoms in total. The van der Waals surface area contributed by atoms with E-state index in [0.29, 0.717) is 24.5 Å². The quantitative estimate of drug-likeness (QED) is 0.280. The number of rotatable bonds is 9. The van der Waals surface area contributed by atoms with Gasteiger partial charge in [0.15, 0.2) is 0 Å². The predicted octanol–water partition coefficient (Wildman–Crippen LogP) is 3.93. The van der Waals surface area contributed by atoms with Crippen molar-refractivity contribution in [2.75, 3.05) is 33.8 Å². The molecular formula is C26H30N2O4. The van der Waals surface area contributed by atoms with Crippen molar-refractivity contribution in [1.82, 2.24) is 9.80 Å². The maximum absolute atomic E-state index is 13.0. The van der Waals surface area contributed by atoms with Crippen LogP contribution in [0.4, 0.5) is 0 Å². The molecule has 0 aliphatic carbocycles. The number of aryl methyl sites for hydroxylation is 1. The molecule has 0 radical (unpaired) electrons. The number of amides is 1. The molecule has 0 spiro atoms. The van der Waals surface area contributed by atoms with Crippen LogP contribution >= 0.6 is 0 Å². The van der Waals surface area contributed by atoms with Gasteiger partial charge in [-0.1, -0.05) is 43.0 Å². The summed E-state index contributed by atoms with van der Waals surface area (Å²) >= 11 is 0. The van der Waals surface area contributed by atoms with Crippen molar-refractivity contribution >= 4 is 17.4 Å². The van der Waals surface area contributed by atoms with Crippen molar-refractivity contribution in [3.05, 3.63) is 83.4 Å². The van der Waals surface area contributed by atoms with Crippen molar-refractivity contribution in [3.63, 3.8) is 0 Å². The van der Waals surface area contributed by atoms with Crippen molar-refractivity contribution < 1.29 is 19.4 Å². The summed E-state index contributed by atoms with van der Waals surface area (Å²) in [5.74, 6) is -0.747. The molecule has 6 heteroatoms. The van der Waals surface area contributed by atoms with Gasteiger partial charge in [-0.2, -0.15) is 0 Å². The van der Waals surface area contributed by atoms with E-state index in [9.17, 15) is 14.7 Å². The Kier molecular flexibility index (Phi) is 7.49. The number of carbonyl (C=O) groups is 2. The fourth-order valence-corrected chi connectivity index (χ4v) is 3.91. The van der Waals surface area contributed by atoms with Crippen LogP contribution in [0.1, 0.15) is 29.2 Å². The third kappa shape index (κ3) is 4.92. The second kappa shape index (κ2) is 10.3. The monoisotopic (exact) mass is 434 g/mol. The van der Waals surface area contributed by atoms with E-state index in [4.69, 9.17) is 4.74 Å². The third-order valence-corrected chi connectivity index (χ3v) is 5.46. The molecule has 1 heterocycles. The summed E-state index contributed by atoms with van der Waals surface area (Å²) in [5.41, 5.74) is 2.19. The lowest BCUT2D eigenvalue weighted by Gasteiger charge is -2.26. The van der Waals surface area contributed by atoms with Crippen LogP contribution in [0.2, 0.25) is 0 Å². The molecule has 1 saturated heterocycles. The van der Waals surface area contributed by atoms with Gasteiger partial charge in [-0.15, -0.1) is 0 Å². The normalized spacial score (nSPS) is 17.8. The van der Waals surface area contributed by atoms with Crippen LogP contribution in [0.5, 0.6) is 5.75 Å². The predicted molar refractivity (Wildman–Crippen MR) is 125 cm³/mol. The molecule has 3 rings (SSSR count). The molecule has 0 aromatic heterocycles. The molecule has 1 N–H and O–H groups in total. The Morgan fingerprint density at radius 2 is 1.91 bits per heavy atom. The van der Waals surface area contributed by atoms with Crippen molar-refractivity contribution in [1.29, 1.82) is 0 Å². The van der Waals surface area contributed by atoms with Gasteiger partial charge >= 0.3 is 0 Å². The van der Waals surface area contributed by atoms with Crippen LogP contribution in [0.3, 0.4) is 0 Å². The molecule has 0 saturated carbocycles. The van der Waals surface area contributed by atoms with Crippen molar-refractivity contribution in [2.24, 2.45) is 0 Å². The van der Waals surface area contributed by atoms with E-state index in [1.165, 1.54) is 0 Å². The highest BCUT2D eigenvalue weighted by Crippen LogP contribution is 2.39. The summed E-state index contributed by atoms with van der Waals surface area (Å²) in [4.78, 5) is 29.6. The number of aliphatic hydroxyl groups excluding tert-OH is 1. The minimum atomic E-state index is -0.661. The fourth-order valence-electron chi connectivity index (χ4n) is 3.91. The van der Waals surface area contributed by atoms with Crippen molar-refractivity contribution in [2.45, 2.75) is 19.4 Å². The molecule has 1 amide bonds. The van der Waals surface area contributed by atoms with Gasteiger partial charge in [0.2, 0.25) is 0 Å². The summed E-state index contributed by atoms with van der Waals surface area (Å²) in [5, 5.41) is 11.2. The van der Waals surface area contributed by atoms with Gasteiger partial charge in [-0.3, -0.25) is 9.59 Å². The Morgan fingerprint density at radius 1 is 1.19 bits per heavy atom. The number of hydrogen-bond acceptors (Lipinski definition) is 5. The standard InChI is InChI=1S/C26H30N2O4/c1-5-16-32-21-13-12-20(17-18(21)2)24(29)22-23(19-10-7-6-8-11-19)28(26(31)25(22)30)15-9-14-27(3)4/h5-8,10-13,17,23,29H,1,9,14-16H2,2-4H3/b24-22+. The van der Waals surface area contributed by atoms with E-state index >= 15 is 0 Å². The van der Waals surface area contributed by atoms with Gasteiger partial charge in [0.05, 0.1) is 11.6 Å². The zero-order chi connectivity index (χ0) is 23.3. The molecular weight excluding hydrogens is 404 g/mol. The molecule has 168 valence electrons. The van der Waals surface area contributed by atoms with Crippen LogP contribution < -0.4 is 4.74 Å². The molecule has 32 heavy (non-hydrogen) atoms.